The van der Waals surface area contributed by atoms with Gasteiger partial charge in [-0.15, -0.1) is 0 Å². The molecule has 0 spiro atoms. The number of aromatic nitrogens is 3. The van der Waals surface area contributed by atoms with E-state index in [1.54, 1.807) is 6.07 Å². The summed E-state index contributed by atoms with van der Waals surface area (Å²) in [6, 6.07) is 11.8. The van der Waals surface area contributed by atoms with E-state index in [2.05, 4.69) is 26.2 Å². The predicted octanol–water partition coefficient (Wildman–Crippen LogP) is 1.92. The average Bonchev–Trinajstić information content (AvgIpc) is 3.34. The molecule has 11 nitrogen and oxygen atoms in total. The smallest absolute Gasteiger partial charge is 0.356 e. The zero-order chi connectivity index (χ0) is 23.8. The molecule has 0 unspecified atom stereocenters. The Morgan fingerprint density at radius 2 is 1.97 bits per heavy atom. The number of pyridine rings is 1. The van der Waals surface area contributed by atoms with Gasteiger partial charge in [0.15, 0.2) is 5.69 Å². The Morgan fingerprint density at radius 1 is 1.30 bits per heavy atom. The van der Waals surface area contributed by atoms with Crippen molar-refractivity contribution in [2.75, 3.05) is 44.0 Å². The topological polar surface area (TPSA) is 167 Å². The van der Waals surface area contributed by atoms with E-state index >= 15 is 0 Å². The Balaban J connectivity index is 0.000000968. The summed E-state index contributed by atoms with van der Waals surface area (Å²) in [5, 5.41) is 23.0. The number of H-pyrrole nitrogens is 1. The molecule has 11 heteroatoms. The summed E-state index contributed by atoms with van der Waals surface area (Å²) in [5.41, 5.74) is 9.83. The van der Waals surface area contributed by atoms with Crippen molar-refractivity contribution >= 4 is 23.9 Å². The van der Waals surface area contributed by atoms with Crippen molar-refractivity contribution in [1.82, 2.24) is 15.2 Å². The molecular weight excluding hydrogens is 428 g/mol. The maximum Gasteiger partial charge on any atom is 0.356 e. The number of methoxy groups -OCH3 is 1. The maximum atomic E-state index is 12.1. The van der Waals surface area contributed by atoms with E-state index in [1.807, 2.05) is 24.3 Å². The van der Waals surface area contributed by atoms with Gasteiger partial charge in [-0.3, -0.25) is 9.89 Å². The first kappa shape index (κ1) is 23.2. The average molecular weight is 450 g/mol. The first-order chi connectivity index (χ1) is 16.0. The van der Waals surface area contributed by atoms with Crippen molar-refractivity contribution in [2.45, 2.75) is 0 Å². The number of nitrogens with two attached hydrogens (primary N) is 1. The molecule has 1 saturated heterocycles. The number of nitriles is 1. The Morgan fingerprint density at radius 3 is 2.58 bits per heavy atom. The van der Waals surface area contributed by atoms with Crippen LogP contribution < -0.4 is 10.6 Å². The van der Waals surface area contributed by atoms with Gasteiger partial charge < -0.3 is 25.2 Å². The van der Waals surface area contributed by atoms with Crippen LogP contribution >= 0.6 is 0 Å². The molecule has 0 radical (unpaired) electrons. The third-order valence-corrected chi connectivity index (χ3v) is 5.02. The van der Waals surface area contributed by atoms with E-state index < -0.39 is 5.97 Å². The van der Waals surface area contributed by atoms with Crippen LogP contribution in [0.3, 0.4) is 0 Å². The zero-order valence-electron chi connectivity index (χ0n) is 17.8. The molecule has 0 saturated carbocycles. The van der Waals surface area contributed by atoms with Crippen molar-refractivity contribution in [3.8, 4) is 28.5 Å². The fourth-order valence-corrected chi connectivity index (χ4v) is 3.46. The van der Waals surface area contributed by atoms with Gasteiger partial charge in [0.1, 0.15) is 17.5 Å². The predicted molar refractivity (Wildman–Crippen MR) is 119 cm³/mol. The number of nitrogens with one attached hydrogen (secondary N) is 1. The number of carboxylic acid groups (broad SMARTS) is 1. The lowest BCUT2D eigenvalue weighted by molar-refractivity contribution is -0.122. The molecule has 1 aliphatic rings. The first-order valence-electron chi connectivity index (χ1n) is 9.87. The van der Waals surface area contributed by atoms with Gasteiger partial charge in [0, 0.05) is 35.5 Å². The summed E-state index contributed by atoms with van der Waals surface area (Å²) >= 11 is 0. The summed E-state index contributed by atoms with van der Waals surface area (Å²) in [4.78, 5) is 27.1. The van der Waals surface area contributed by atoms with Gasteiger partial charge in [-0.25, -0.2) is 9.78 Å². The van der Waals surface area contributed by atoms with Crippen LogP contribution in [0.5, 0.6) is 0 Å². The Labute approximate surface area is 189 Å². The number of benzene rings is 1. The number of ether oxygens (including phenoxy) is 2. The quantitative estimate of drug-likeness (QED) is 0.394. The number of carbonyl (C=O) groups is 2. The van der Waals surface area contributed by atoms with Crippen LogP contribution in [-0.2, 0) is 14.3 Å². The second-order valence-corrected chi connectivity index (χ2v) is 6.83. The van der Waals surface area contributed by atoms with Crippen molar-refractivity contribution in [3.63, 3.8) is 0 Å². The van der Waals surface area contributed by atoms with Gasteiger partial charge in [0.2, 0.25) is 0 Å². The van der Waals surface area contributed by atoms with Crippen LogP contribution in [-0.4, -0.2) is 66.1 Å². The molecule has 0 atom stereocenters. The highest BCUT2D eigenvalue weighted by Gasteiger charge is 2.21. The number of esters is 1. The Kier molecular flexibility index (Phi) is 7.56. The van der Waals surface area contributed by atoms with E-state index in [9.17, 15) is 10.1 Å². The highest BCUT2D eigenvalue weighted by atomic mass is 16.5. The molecule has 170 valence electrons. The summed E-state index contributed by atoms with van der Waals surface area (Å²) in [6.07, 6.45) is 1.47. The van der Waals surface area contributed by atoms with Crippen LogP contribution in [0, 0.1) is 11.3 Å². The summed E-state index contributed by atoms with van der Waals surface area (Å²) in [7, 11) is 1.28. The summed E-state index contributed by atoms with van der Waals surface area (Å²) in [6.45, 7) is 2.88. The molecule has 4 N–H and O–H groups in total. The highest BCUT2D eigenvalue weighted by molar-refractivity contribution is 5.97. The molecule has 0 bridgehead atoms. The fraction of sp³-hybridized carbons (Fsp3) is 0.227. The minimum Gasteiger partial charge on any atom is -0.483 e. The monoisotopic (exact) mass is 450 g/mol. The lowest BCUT2D eigenvalue weighted by Gasteiger charge is -2.28. The molecular formula is C22H22N6O5. The van der Waals surface area contributed by atoms with Crippen molar-refractivity contribution in [2.24, 2.45) is 0 Å². The Hall–Kier alpha value is -4.43. The Bertz CT molecular complexity index is 1160. The zero-order valence-corrected chi connectivity index (χ0v) is 17.8. The number of morpholine rings is 1. The van der Waals surface area contributed by atoms with Gasteiger partial charge in [-0.2, -0.15) is 10.4 Å². The van der Waals surface area contributed by atoms with Crippen molar-refractivity contribution < 1.29 is 24.2 Å². The largest absolute Gasteiger partial charge is 0.483 e. The number of rotatable bonds is 4. The number of hydrogen-bond donors (Lipinski definition) is 3. The molecule has 3 aromatic rings. The van der Waals surface area contributed by atoms with Crippen molar-refractivity contribution in [1.29, 1.82) is 5.26 Å². The molecule has 0 amide bonds. The molecule has 3 heterocycles. The fourth-order valence-electron chi connectivity index (χ4n) is 3.46. The van der Waals surface area contributed by atoms with Gasteiger partial charge in [-0.1, -0.05) is 12.1 Å². The maximum absolute atomic E-state index is 12.1. The molecule has 4 rings (SSSR count). The lowest BCUT2D eigenvalue weighted by Crippen LogP contribution is -2.36. The molecule has 33 heavy (non-hydrogen) atoms. The minimum atomic E-state index is -0.585. The summed E-state index contributed by atoms with van der Waals surface area (Å²) < 4.78 is 10.2. The standard InChI is InChI=1S/C21H20N6O3.CH2O2/c1-29-21(28)19-17(12-24-26-19)15-10-18(25-20(23)16(15)11-22)13-2-4-14(5-3-13)27-6-8-30-9-7-27;2-1-3/h2-5,10,12H,6-9H2,1H3,(H2,23,25)(H,24,26);1H,(H,2,3). The van der Waals surface area contributed by atoms with Crippen LogP contribution in [0.1, 0.15) is 16.1 Å². The second-order valence-electron chi connectivity index (χ2n) is 6.83. The molecule has 0 aliphatic carbocycles. The molecule has 1 aromatic carbocycles. The summed E-state index contributed by atoms with van der Waals surface area (Å²) in [5.74, 6) is -0.502. The second kappa shape index (κ2) is 10.7. The van der Waals surface area contributed by atoms with Crippen LogP contribution in [0.4, 0.5) is 11.5 Å². The number of carbonyl (C=O) groups excluding carboxylic acids is 1. The normalized spacial score (nSPS) is 12.8. The van der Waals surface area contributed by atoms with E-state index in [0.717, 1.165) is 24.3 Å². The molecule has 2 aromatic heterocycles. The van der Waals surface area contributed by atoms with Gasteiger partial charge in [0.25, 0.3) is 6.47 Å². The third-order valence-electron chi connectivity index (χ3n) is 5.02. The van der Waals surface area contributed by atoms with Gasteiger partial charge >= 0.3 is 5.97 Å². The van der Waals surface area contributed by atoms with Crippen molar-refractivity contribution in [3.05, 3.63) is 47.8 Å². The highest BCUT2D eigenvalue weighted by Crippen LogP contribution is 2.33. The third kappa shape index (κ3) is 5.08. The number of nitrogens with zero attached hydrogens (tertiary/aromatic N) is 4. The number of nitrogen functional groups attached to an aromatic ring is 1. The van der Waals surface area contributed by atoms with E-state index in [0.29, 0.717) is 30.0 Å². The molecule has 1 fully saturated rings. The minimum absolute atomic E-state index is 0.0827. The van der Waals surface area contributed by atoms with E-state index in [1.165, 1.54) is 13.3 Å². The number of anilines is 2. The SMILES string of the molecule is COC(=O)c1[nH]ncc1-c1cc(-c2ccc(N3CCOCC3)cc2)nc(N)c1C#N.O=CO. The van der Waals surface area contributed by atoms with Gasteiger partial charge in [0.05, 0.1) is 32.2 Å². The van der Waals surface area contributed by atoms with E-state index in [4.69, 9.17) is 25.1 Å². The number of hydrogen-bond acceptors (Lipinski definition) is 9. The van der Waals surface area contributed by atoms with E-state index in [-0.39, 0.29) is 23.5 Å². The lowest BCUT2D eigenvalue weighted by atomic mass is 9.98. The molecule has 1 aliphatic heterocycles. The van der Waals surface area contributed by atoms with Crippen LogP contribution in [0.15, 0.2) is 36.5 Å². The van der Waals surface area contributed by atoms with Crippen LogP contribution in [0.25, 0.3) is 22.4 Å². The van der Waals surface area contributed by atoms with Gasteiger partial charge in [-0.05, 0) is 18.2 Å². The first-order valence-corrected chi connectivity index (χ1v) is 9.87. The number of aromatic amines is 1. The van der Waals surface area contributed by atoms with Crippen LogP contribution in [0.2, 0.25) is 0 Å².